The molecule has 0 amide bonds. The van der Waals surface area contributed by atoms with Crippen LogP contribution in [0.4, 0.5) is 0 Å². The monoisotopic (exact) mass is 278 g/mol. The lowest BCUT2D eigenvalue weighted by atomic mass is 9.67. The molecule has 1 N–H and O–H groups in total. The zero-order valence-electron chi connectivity index (χ0n) is 12.1. The zero-order valence-corrected chi connectivity index (χ0v) is 12.1. The molecule has 1 aliphatic rings. The Hall–Kier alpha value is -1.71. The van der Waals surface area contributed by atoms with Crippen LogP contribution in [0.5, 0.6) is 11.5 Å². The molecular weight excluding hydrogens is 256 g/mol. The second kappa shape index (κ2) is 6.16. The third kappa shape index (κ3) is 2.89. The van der Waals surface area contributed by atoms with Gasteiger partial charge in [-0.05, 0) is 30.5 Å². The van der Waals surface area contributed by atoms with Gasteiger partial charge in [0.05, 0.1) is 20.6 Å². The molecule has 1 aromatic rings. The van der Waals surface area contributed by atoms with Crippen LogP contribution in [0.25, 0.3) is 0 Å². The molecule has 0 unspecified atom stereocenters. The Kier molecular flexibility index (Phi) is 4.53. The van der Waals surface area contributed by atoms with E-state index >= 15 is 0 Å². The summed E-state index contributed by atoms with van der Waals surface area (Å²) in [5.74, 6) is 0.611. The van der Waals surface area contributed by atoms with Crippen LogP contribution in [0, 0.1) is 0 Å². The van der Waals surface area contributed by atoms with Crippen molar-refractivity contribution in [3.63, 3.8) is 0 Å². The van der Waals surface area contributed by atoms with E-state index in [9.17, 15) is 9.90 Å². The predicted molar refractivity (Wildman–Crippen MR) is 76.6 cm³/mol. The predicted octanol–water partition coefficient (Wildman–Crippen LogP) is 3.38. The van der Waals surface area contributed by atoms with E-state index in [-0.39, 0.29) is 11.8 Å². The van der Waals surface area contributed by atoms with Gasteiger partial charge >= 0.3 is 5.97 Å². The van der Waals surface area contributed by atoms with Crippen LogP contribution in [0.2, 0.25) is 0 Å². The van der Waals surface area contributed by atoms with Gasteiger partial charge in [-0.1, -0.05) is 25.3 Å². The number of hydrogen-bond acceptors (Lipinski definition) is 3. The van der Waals surface area contributed by atoms with Crippen LogP contribution < -0.4 is 9.47 Å². The highest BCUT2D eigenvalue weighted by Crippen LogP contribution is 2.44. The second-order valence-corrected chi connectivity index (χ2v) is 5.48. The van der Waals surface area contributed by atoms with E-state index < -0.39 is 5.97 Å². The summed E-state index contributed by atoms with van der Waals surface area (Å²) >= 11 is 0. The van der Waals surface area contributed by atoms with E-state index in [2.05, 4.69) is 0 Å². The van der Waals surface area contributed by atoms with Crippen molar-refractivity contribution in [1.29, 1.82) is 0 Å². The number of carboxylic acid groups (broad SMARTS) is 1. The Morgan fingerprint density at radius 1 is 1.15 bits per heavy atom. The summed E-state index contributed by atoms with van der Waals surface area (Å²) in [4.78, 5) is 11.3. The van der Waals surface area contributed by atoms with E-state index in [1.54, 1.807) is 14.2 Å². The van der Waals surface area contributed by atoms with Gasteiger partial charge in [-0.2, -0.15) is 0 Å². The van der Waals surface area contributed by atoms with Crippen LogP contribution in [-0.2, 0) is 10.2 Å². The minimum absolute atomic E-state index is 0.183. The average Bonchev–Trinajstić information content (AvgIpc) is 2.46. The summed E-state index contributed by atoms with van der Waals surface area (Å²) < 4.78 is 10.6. The molecule has 0 bridgehead atoms. The van der Waals surface area contributed by atoms with Crippen molar-refractivity contribution in [1.82, 2.24) is 0 Å². The topological polar surface area (TPSA) is 55.8 Å². The lowest BCUT2D eigenvalue weighted by molar-refractivity contribution is -0.138. The largest absolute Gasteiger partial charge is 0.493 e. The standard InChI is InChI=1S/C16H22O4/c1-19-13-7-6-12(10-14(13)20-2)16(11-15(17)18)8-4-3-5-9-16/h6-7,10H,3-5,8-9,11H2,1-2H3,(H,17,18). The maximum absolute atomic E-state index is 11.3. The molecule has 1 fully saturated rings. The summed E-state index contributed by atoms with van der Waals surface area (Å²) in [7, 11) is 3.21. The van der Waals surface area contributed by atoms with Gasteiger partial charge in [0, 0.05) is 5.41 Å². The normalized spacial score (nSPS) is 17.5. The van der Waals surface area contributed by atoms with E-state index in [0.29, 0.717) is 11.5 Å². The molecule has 1 aromatic carbocycles. The fourth-order valence-corrected chi connectivity index (χ4v) is 3.25. The first-order valence-electron chi connectivity index (χ1n) is 7.05. The molecular formula is C16H22O4. The number of rotatable bonds is 5. The number of benzene rings is 1. The smallest absolute Gasteiger partial charge is 0.304 e. The van der Waals surface area contributed by atoms with Crippen LogP contribution in [0.1, 0.15) is 44.1 Å². The first-order valence-corrected chi connectivity index (χ1v) is 7.05. The number of hydrogen-bond donors (Lipinski definition) is 1. The number of methoxy groups -OCH3 is 2. The van der Waals surface area contributed by atoms with Gasteiger partial charge in [-0.25, -0.2) is 0 Å². The fraction of sp³-hybridized carbons (Fsp3) is 0.562. The first-order chi connectivity index (χ1) is 9.61. The third-order valence-electron chi connectivity index (χ3n) is 4.30. The van der Waals surface area contributed by atoms with Crippen LogP contribution in [0.3, 0.4) is 0 Å². The molecule has 0 aliphatic heterocycles. The molecule has 0 spiro atoms. The summed E-state index contributed by atoms with van der Waals surface area (Å²) in [5, 5.41) is 9.26. The molecule has 1 saturated carbocycles. The van der Waals surface area contributed by atoms with E-state index in [4.69, 9.17) is 9.47 Å². The van der Waals surface area contributed by atoms with Gasteiger partial charge in [0.2, 0.25) is 0 Å². The van der Waals surface area contributed by atoms with Gasteiger partial charge in [-0.3, -0.25) is 4.79 Å². The summed E-state index contributed by atoms with van der Waals surface area (Å²) in [5.41, 5.74) is 0.793. The molecule has 0 aromatic heterocycles. The van der Waals surface area contributed by atoms with Crippen LogP contribution in [-0.4, -0.2) is 25.3 Å². The van der Waals surface area contributed by atoms with Gasteiger partial charge in [0.1, 0.15) is 0 Å². The summed E-state index contributed by atoms with van der Waals surface area (Å²) in [6, 6.07) is 5.79. The maximum Gasteiger partial charge on any atom is 0.304 e. The van der Waals surface area contributed by atoms with Gasteiger partial charge in [0.15, 0.2) is 11.5 Å². The quantitative estimate of drug-likeness (QED) is 0.897. The number of carbonyl (C=O) groups is 1. The lowest BCUT2D eigenvalue weighted by Crippen LogP contribution is -2.31. The molecule has 20 heavy (non-hydrogen) atoms. The number of carboxylic acids is 1. The van der Waals surface area contributed by atoms with Crippen molar-refractivity contribution in [3.05, 3.63) is 23.8 Å². The zero-order chi connectivity index (χ0) is 14.6. The maximum atomic E-state index is 11.3. The molecule has 0 heterocycles. The van der Waals surface area contributed by atoms with E-state index in [0.717, 1.165) is 31.2 Å². The van der Waals surface area contributed by atoms with Crippen LogP contribution >= 0.6 is 0 Å². The van der Waals surface area contributed by atoms with Gasteiger partial charge in [-0.15, -0.1) is 0 Å². The SMILES string of the molecule is COc1ccc(C2(CC(=O)O)CCCCC2)cc1OC. The summed E-state index contributed by atoms with van der Waals surface area (Å²) in [6.07, 6.45) is 5.39. The Morgan fingerprint density at radius 2 is 1.80 bits per heavy atom. The number of ether oxygens (including phenoxy) is 2. The van der Waals surface area contributed by atoms with Gasteiger partial charge < -0.3 is 14.6 Å². The molecule has 0 atom stereocenters. The van der Waals surface area contributed by atoms with Crippen molar-refractivity contribution >= 4 is 5.97 Å². The molecule has 2 rings (SSSR count). The van der Waals surface area contributed by atoms with Gasteiger partial charge in [0.25, 0.3) is 0 Å². The van der Waals surface area contributed by atoms with E-state index in [1.165, 1.54) is 6.42 Å². The number of aliphatic carboxylic acids is 1. The molecule has 4 nitrogen and oxygen atoms in total. The second-order valence-electron chi connectivity index (χ2n) is 5.48. The highest BCUT2D eigenvalue weighted by Gasteiger charge is 2.36. The van der Waals surface area contributed by atoms with Crippen molar-refractivity contribution in [2.45, 2.75) is 43.9 Å². The van der Waals surface area contributed by atoms with Crippen molar-refractivity contribution < 1.29 is 19.4 Å². The first kappa shape index (κ1) is 14.7. The minimum Gasteiger partial charge on any atom is -0.493 e. The van der Waals surface area contributed by atoms with Crippen molar-refractivity contribution in [2.24, 2.45) is 0 Å². The third-order valence-corrected chi connectivity index (χ3v) is 4.30. The Bertz CT molecular complexity index is 475. The molecule has 1 aliphatic carbocycles. The molecule has 0 saturated heterocycles. The lowest BCUT2D eigenvalue weighted by Gasteiger charge is -2.37. The van der Waals surface area contributed by atoms with Crippen molar-refractivity contribution in [2.75, 3.05) is 14.2 Å². The summed E-state index contributed by atoms with van der Waals surface area (Å²) in [6.45, 7) is 0. The van der Waals surface area contributed by atoms with Crippen molar-refractivity contribution in [3.8, 4) is 11.5 Å². The Balaban J connectivity index is 2.40. The highest BCUT2D eigenvalue weighted by molar-refractivity contribution is 5.69. The highest BCUT2D eigenvalue weighted by atomic mass is 16.5. The van der Waals surface area contributed by atoms with Crippen LogP contribution in [0.15, 0.2) is 18.2 Å². The molecule has 0 radical (unpaired) electrons. The average molecular weight is 278 g/mol. The minimum atomic E-state index is -0.735. The van der Waals surface area contributed by atoms with E-state index in [1.807, 2.05) is 18.2 Å². The Morgan fingerprint density at radius 3 is 2.35 bits per heavy atom. The fourth-order valence-electron chi connectivity index (χ4n) is 3.25. The molecule has 110 valence electrons. The molecule has 4 heteroatoms. The Labute approximate surface area is 119 Å².